The molecule has 0 aliphatic carbocycles. The van der Waals surface area contributed by atoms with Crippen LogP contribution >= 0.6 is 11.6 Å². The zero-order valence-electron chi connectivity index (χ0n) is 22.2. The van der Waals surface area contributed by atoms with Gasteiger partial charge in [-0.2, -0.15) is 0 Å². The van der Waals surface area contributed by atoms with Gasteiger partial charge in [-0.3, -0.25) is 0 Å². The Balaban J connectivity index is 1.53. The summed E-state index contributed by atoms with van der Waals surface area (Å²) in [5, 5.41) is 4.24. The van der Waals surface area contributed by atoms with E-state index in [1.165, 1.54) is 5.56 Å². The van der Waals surface area contributed by atoms with Gasteiger partial charge in [0, 0.05) is 29.4 Å². The molecule has 0 amide bonds. The van der Waals surface area contributed by atoms with Crippen LogP contribution in [0.4, 0.5) is 5.69 Å². The van der Waals surface area contributed by atoms with E-state index < -0.39 is 5.60 Å². The van der Waals surface area contributed by atoms with Crippen LogP contribution in [0.15, 0.2) is 66.7 Å². The molecule has 0 radical (unpaired) electrons. The van der Waals surface area contributed by atoms with Crippen molar-refractivity contribution in [1.29, 1.82) is 0 Å². The first kappa shape index (κ1) is 26.5. The quantitative estimate of drug-likeness (QED) is 0.334. The highest BCUT2D eigenvalue weighted by molar-refractivity contribution is 6.30. The predicted molar refractivity (Wildman–Crippen MR) is 148 cm³/mol. The molecule has 0 saturated carbocycles. The Hall–Kier alpha value is -2.53. The van der Waals surface area contributed by atoms with Gasteiger partial charge in [-0.15, -0.1) is 0 Å². The van der Waals surface area contributed by atoms with E-state index in [4.69, 9.17) is 25.8 Å². The number of anilines is 1. The lowest BCUT2D eigenvalue weighted by Gasteiger charge is -2.44. The van der Waals surface area contributed by atoms with Crippen LogP contribution < -0.4 is 10.1 Å². The summed E-state index contributed by atoms with van der Waals surface area (Å²) in [7, 11) is 0. The third kappa shape index (κ3) is 6.23. The van der Waals surface area contributed by atoms with Gasteiger partial charge in [-0.25, -0.2) is 0 Å². The van der Waals surface area contributed by atoms with Gasteiger partial charge in [0.2, 0.25) is 0 Å². The van der Waals surface area contributed by atoms with Crippen molar-refractivity contribution in [2.24, 2.45) is 0 Å². The van der Waals surface area contributed by atoms with Crippen LogP contribution in [0.1, 0.15) is 69.9 Å². The second-order valence-corrected chi connectivity index (χ2v) is 11.4. The van der Waals surface area contributed by atoms with Crippen molar-refractivity contribution >= 4 is 17.3 Å². The molecule has 0 aromatic heterocycles. The van der Waals surface area contributed by atoms with Gasteiger partial charge in [-0.1, -0.05) is 68.8 Å². The molecule has 0 bridgehead atoms. The summed E-state index contributed by atoms with van der Waals surface area (Å²) in [6.07, 6.45) is -0.508. The molecule has 4 rings (SSSR count). The number of fused-ring (bicyclic) bond motifs is 1. The summed E-state index contributed by atoms with van der Waals surface area (Å²) >= 11 is 6.14. The zero-order valence-corrected chi connectivity index (χ0v) is 23.0. The maximum absolute atomic E-state index is 6.53. The SMILES string of the molecule is CCOC1c2cc(NCc3cccc(Cl)c3)ccc2OC(C)(C)C1OCc1ccc(C(C)(C)C)cc1. The minimum Gasteiger partial charge on any atom is -0.485 e. The van der Waals surface area contributed by atoms with Crippen LogP contribution in [0, 0.1) is 0 Å². The maximum atomic E-state index is 6.53. The molecule has 4 nitrogen and oxygen atoms in total. The lowest BCUT2D eigenvalue weighted by Crippen LogP contribution is -2.51. The minimum atomic E-state index is -0.548. The monoisotopic (exact) mass is 507 g/mol. The second kappa shape index (κ2) is 10.8. The zero-order chi connectivity index (χ0) is 25.9. The van der Waals surface area contributed by atoms with Crippen LogP contribution in [0.2, 0.25) is 5.02 Å². The Labute approximate surface area is 220 Å². The number of halogens is 1. The largest absolute Gasteiger partial charge is 0.485 e. The summed E-state index contributed by atoms with van der Waals surface area (Å²) in [6.45, 7) is 14.6. The van der Waals surface area contributed by atoms with Crippen LogP contribution in [-0.2, 0) is 28.0 Å². The highest BCUT2D eigenvalue weighted by Gasteiger charge is 2.45. The van der Waals surface area contributed by atoms with E-state index >= 15 is 0 Å². The van der Waals surface area contributed by atoms with E-state index in [1.54, 1.807) is 0 Å². The average Bonchev–Trinajstić information content (AvgIpc) is 2.82. The van der Waals surface area contributed by atoms with E-state index in [9.17, 15) is 0 Å². The first-order chi connectivity index (χ1) is 17.1. The molecule has 2 atom stereocenters. The smallest absolute Gasteiger partial charge is 0.132 e. The Bertz CT molecular complexity index is 1170. The topological polar surface area (TPSA) is 39.7 Å². The molecule has 0 spiro atoms. The van der Waals surface area contributed by atoms with Gasteiger partial charge in [-0.05, 0) is 73.2 Å². The molecule has 3 aromatic rings. The molecular weight excluding hydrogens is 470 g/mol. The van der Waals surface area contributed by atoms with Crippen molar-refractivity contribution < 1.29 is 14.2 Å². The standard InChI is InChI=1S/C31H38ClNO3/c1-7-34-28-26-18-25(33-19-22-9-8-10-24(32)17-22)15-16-27(26)36-31(5,6)29(28)35-20-21-11-13-23(14-12-21)30(2,3)4/h8-18,28-29,33H,7,19-20H2,1-6H3. The summed E-state index contributed by atoms with van der Waals surface area (Å²) in [5.74, 6) is 0.834. The second-order valence-electron chi connectivity index (χ2n) is 11.0. The molecule has 1 aliphatic heterocycles. The third-order valence-electron chi connectivity index (χ3n) is 6.63. The first-order valence-electron chi connectivity index (χ1n) is 12.7. The molecule has 3 aromatic carbocycles. The minimum absolute atomic E-state index is 0.126. The average molecular weight is 508 g/mol. The molecule has 192 valence electrons. The Morgan fingerprint density at radius 3 is 2.36 bits per heavy atom. The van der Waals surface area contributed by atoms with Crippen LogP contribution in [0.25, 0.3) is 0 Å². The predicted octanol–water partition coefficient (Wildman–Crippen LogP) is 8.08. The molecular formula is C31H38ClNO3. The maximum Gasteiger partial charge on any atom is 0.132 e. The number of hydrogen-bond donors (Lipinski definition) is 1. The normalized spacial score (nSPS) is 18.9. The highest BCUT2D eigenvalue weighted by Crippen LogP contribution is 2.44. The highest BCUT2D eigenvalue weighted by atomic mass is 35.5. The van der Waals surface area contributed by atoms with E-state index in [1.807, 2.05) is 37.3 Å². The number of hydrogen-bond acceptors (Lipinski definition) is 4. The van der Waals surface area contributed by atoms with Gasteiger partial charge < -0.3 is 19.5 Å². The Kier molecular flexibility index (Phi) is 7.99. The van der Waals surface area contributed by atoms with Crippen molar-refractivity contribution in [3.8, 4) is 5.75 Å². The lowest BCUT2D eigenvalue weighted by molar-refractivity contribution is -0.165. The van der Waals surface area contributed by atoms with Crippen molar-refractivity contribution in [1.82, 2.24) is 0 Å². The van der Waals surface area contributed by atoms with Gasteiger partial charge in [0.1, 0.15) is 23.6 Å². The summed E-state index contributed by atoms with van der Waals surface area (Å²) in [6, 6.07) is 22.7. The Morgan fingerprint density at radius 1 is 0.944 bits per heavy atom. The first-order valence-corrected chi connectivity index (χ1v) is 13.1. The van der Waals surface area contributed by atoms with Gasteiger partial charge in [0.05, 0.1) is 6.61 Å². The van der Waals surface area contributed by atoms with Crippen molar-refractivity contribution in [2.75, 3.05) is 11.9 Å². The van der Waals surface area contributed by atoms with Crippen molar-refractivity contribution in [2.45, 2.75) is 77.9 Å². The lowest BCUT2D eigenvalue weighted by atomic mass is 9.86. The van der Waals surface area contributed by atoms with E-state index in [0.29, 0.717) is 19.8 Å². The molecule has 36 heavy (non-hydrogen) atoms. The fourth-order valence-corrected chi connectivity index (χ4v) is 4.84. The molecule has 0 fully saturated rings. The Morgan fingerprint density at radius 2 is 1.69 bits per heavy atom. The van der Waals surface area contributed by atoms with Crippen LogP contribution in [-0.4, -0.2) is 18.3 Å². The molecule has 1 N–H and O–H groups in total. The van der Waals surface area contributed by atoms with E-state index in [0.717, 1.165) is 33.1 Å². The van der Waals surface area contributed by atoms with Crippen molar-refractivity contribution in [3.05, 3.63) is 94.0 Å². The van der Waals surface area contributed by atoms with Crippen molar-refractivity contribution in [3.63, 3.8) is 0 Å². The van der Waals surface area contributed by atoms with Crippen LogP contribution in [0.3, 0.4) is 0 Å². The summed E-state index contributed by atoms with van der Waals surface area (Å²) < 4.78 is 19.3. The van der Waals surface area contributed by atoms with Gasteiger partial charge in [0.15, 0.2) is 0 Å². The molecule has 5 heteroatoms. The number of ether oxygens (including phenoxy) is 3. The number of benzene rings is 3. The van der Waals surface area contributed by atoms with Crippen LogP contribution in [0.5, 0.6) is 5.75 Å². The van der Waals surface area contributed by atoms with E-state index in [2.05, 4.69) is 76.3 Å². The molecule has 1 heterocycles. The fourth-order valence-electron chi connectivity index (χ4n) is 4.63. The third-order valence-corrected chi connectivity index (χ3v) is 6.87. The number of nitrogens with one attached hydrogen (secondary N) is 1. The number of rotatable bonds is 8. The summed E-state index contributed by atoms with van der Waals surface area (Å²) in [5.41, 5.74) is 5.15. The molecule has 0 saturated heterocycles. The molecule has 2 unspecified atom stereocenters. The molecule has 1 aliphatic rings. The van der Waals surface area contributed by atoms with Gasteiger partial charge >= 0.3 is 0 Å². The summed E-state index contributed by atoms with van der Waals surface area (Å²) in [4.78, 5) is 0. The van der Waals surface area contributed by atoms with E-state index in [-0.39, 0.29) is 17.6 Å². The fraction of sp³-hybridized carbons (Fsp3) is 0.419. The van der Waals surface area contributed by atoms with Gasteiger partial charge in [0.25, 0.3) is 0 Å².